The molecule has 0 saturated carbocycles. The fraction of sp³-hybridized carbons (Fsp3) is 0. The molecule has 3 nitrogen and oxygen atoms in total. The van der Waals surface area contributed by atoms with Crippen LogP contribution >= 0.6 is 0 Å². The van der Waals surface area contributed by atoms with Crippen molar-refractivity contribution in [3.05, 3.63) is 90.4 Å². The van der Waals surface area contributed by atoms with Gasteiger partial charge in [0.2, 0.25) is 0 Å². The Morgan fingerprint density at radius 2 is 1.68 bits per heavy atom. The zero-order chi connectivity index (χ0) is 16.9. The zero-order valence-electron chi connectivity index (χ0n) is 12.9. The first-order valence-corrected chi connectivity index (χ1v) is 7.29. The molecule has 4 rings (SSSR count). The first-order valence-electron chi connectivity index (χ1n) is 7.29. The molecule has 0 radical (unpaired) electrons. The minimum absolute atomic E-state index is 0. The molecule has 0 amide bonds. The van der Waals surface area contributed by atoms with Crippen molar-refractivity contribution in [2.24, 2.45) is 0 Å². The number of rotatable bonds is 1. The largest absolute Gasteiger partial charge is 1.00 e. The van der Waals surface area contributed by atoms with Crippen LogP contribution in [0.5, 0.6) is 0 Å². The monoisotopic (exact) mass is 425 g/mol. The second kappa shape index (κ2) is 8.53. The van der Waals surface area contributed by atoms with Gasteiger partial charge in [0.25, 0.3) is 0 Å². The molecule has 1 aromatic heterocycles. The van der Waals surface area contributed by atoms with E-state index in [0.717, 1.165) is 17.0 Å². The van der Waals surface area contributed by atoms with Crippen molar-refractivity contribution in [3.63, 3.8) is 0 Å². The maximum atomic E-state index is 12.5. The Bertz CT molecular complexity index is 966. The van der Waals surface area contributed by atoms with E-state index in [1.54, 1.807) is 0 Å². The summed E-state index contributed by atoms with van der Waals surface area (Å²) in [6.07, 6.45) is 1.82. The van der Waals surface area contributed by atoms with Gasteiger partial charge in [0.1, 0.15) is 5.82 Å². The van der Waals surface area contributed by atoms with E-state index < -0.39 is 11.8 Å². The van der Waals surface area contributed by atoms with Crippen molar-refractivity contribution in [2.45, 2.75) is 0 Å². The van der Waals surface area contributed by atoms with Gasteiger partial charge < -0.3 is 10.1 Å². The molecule has 25 heavy (non-hydrogen) atoms. The summed E-state index contributed by atoms with van der Waals surface area (Å²) in [6.45, 7) is 0. The zero-order valence-corrected chi connectivity index (χ0v) is 14.4. The van der Waals surface area contributed by atoms with E-state index >= 15 is 0 Å². The van der Waals surface area contributed by atoms with Crippen molar-refractivity contribution >= 4 is 27.6 Å². The number of pyridine rings is 1. The fourth-order valence-corrected chi connectivity index (χ4v) is 2.37. The van der Waals surface area contributed by atoms with Gasteiger partial charge in [-0.05, 0) is 29.1 Å². The summed E-state index contributed by atoms with van der Waals surface area (Å²) in [4.78, 5) is 14.6. The third-order valence-corrected chi connectivity index (χ3v) is 3.51. The van der Waals surface area contributed by atoms with Crippen LogP contribution in [0.25, 0.3) is 21.7 Å². The number of aromatic carboxylic acids is 1. The van der Waals surface area contributed by atoms with Gasteiger partial charge in [0, 0.05) is 6.20 Å². The predicted molar refractivity (Wildman–Crippen MR) is 91.4 cm³/mol. The molecule has 4 aromatic rings. The van der Waals surface area contributed by atoms with Gasteiger partial charge >= 0.3 is 28.3 Å². The summed E-state index contributed by atoms with van der Waals surface area (Å²) in [5, 5.41) is 11.8. The van der Waals surface area contributed by atoms with Crippen LogP contribution in [0.3, 0.4) is 0 Å². The molecular weight excluding hydrogens is 413 g/mol. The molecule has 0 aliphatic rings. The molecule has 0 saturated heterocycles. The quantitative estimate of drug-likeness (QED) is 0.273. The number of hydrogen-bond donors (Lipinski definition) is 1. The topological polar surface area (TPSA) is 50.2 Å². The number of nitrogens with zero attached hydrogens (tertiary/aromatic N) is 1. The standard InChI is InChI=1S/C13H8N.C7H5FO2.Ag/c1-2-6-12-10(4-1)7-8-11-5-3-9-14-13(11)12;8-6-4-2-1-3-5(6)7(9)10;/h1-5,7-9H;1-4H,(H,9,10);/q-1;;+1. The first-order chi connectivity index (χ1) is 11.7. The number of carbonyl (C=O) groups is 1. The van der Waals surface area contributed by atoms with E-state index in [0.29, 0.717) is 0 Å². The van der Waals surface area contributed by atoms with Crippen LogP contribution in [0.2, 0.25) is 0 Å². The summed E-state index contributed by atoms with van der Waals surface area (Å²) in [7, 11) is 0. The van der Waals surface area contributed by atoms with Crippen molar-refractivity contribution in [1.29, 1.82) is 0 Å². The molecule has 1 heterocycles. The number of fused-ring (bicyclic) bond motifs is 3. The molecule has 5 heteroatoms. The van der Waals surface area contributed by atoms with Crippen molar-refractivity contribution < 1.29 is 36.7 Å². The normalized spacial score (nSPS) is 9.80. The molecule has 0 atom stereocenters. The van der Waals surface area contributed by atoms with Crippen LogP contribution in [0.15, 0.2) is 72.9 Å². The number of carboxylic acids is 1. The van der Waals surface area contributed by atoms with Crippen LogP contribution in [0.1, 0.15) is 10.4 Å². The number of halogens is 1. The third kappa shape index (κ3) is 4.31. The van der Waals surface area contributed by atoms with Crippen LogP contribution in [0.4, 0.5) is 4.39 Å². The summed E-state index contributed by atoms with van der Waals surface area (Å²) in [5.74, 6) is -1.94. The van der Waals surface area contributed by atoms with Gasteiger partial charge in [-0.3, -0.25) is 0 Å². The van der Waals surface area contributed by atoms with E-state index in [9.17, 15) is 9.18 Å². The van der Waals surface area contributed by atoms with Crippen LogP contribution in [0, 0.1) is 11.9 Å². The molecule has 0 bridgehead atoms. The summed E-state index contributed by atoms with van der Waals surface area (Å²) < 4.78 is 12.5. The van der Waals surface area contributed by atoms with Crippen LogP contribution in [-0.2, 0) is 22.4 Å². The summed E-state index contributed by atoms with van der Waals surface area (Å²) in [5.41, 5.74) is 0.744. The molecule has 0 unspecified atom stereocenters. The molecule has 0 spiro atoms. The predicted octanol–water partition coefficient (Wildman–Crippen LogP) is 4.71. The fourth-order valence-electron chi connectivity index (χ4n) is 2.37. The van der Waals surface area contributed by atoms with E-state index in [1.165, 1.54) is 29.0 Å². The van der Waals surface area contributed by atoms with E-state index in [2.05, 4.69) is 35.3 Å². The van der Waals surface area contributed by atoms with Gasteiger partial charge in [0.15, 0.2) is 0 Å². The Hall–Kier alpha value is -2.53. The third-order valence-electron chi connectivity index (χ3n) is 3.51. The van der Waals surface area contributed by atoms with E-state index in [-0.39, 0.29) is 27.9 Å². The van der Waals surface area contributed by atoms with Crippen molar-refractivity contribution in [2.75, 3.05) is 0 Å². The molecule has 0 fully saturated rings. The van der Waals surface area contributed by atoms with Gasteiger partial charge in [-0.15, -0.1) is 35.0 Å². The number of carboxylic acid groups (broad SMARTS) is 1. The average Bonchev–Trinajstić information content (AvgIpc) is 2.62. The maximum Gasteiger partial charge on any atom is 1.00 e. The average molecular weight is 426 g/mol. The minimum atomic E-state index is -1.24. The van der Waals surface area contributed by atoms with E-state index in [4.69, 9.17) is 5.11 Å². The second-order valence-corrected chi connectivity index (χ2v) is 5.06. The van der Waals surface area contributed by atoms with Crippen LogP contribution in [-0.4, -0.2) is 16.1 Å². The van der Waals surface area contributed by atoms with Gasteiger partial charge in [0.05, 0.1) is 5.56 Å². The molecule has 0 aliphatic heterocycles. The SMILES string of the molecule is O=C(O)c1ccccc1F.[Ag+].[c-]1cccc2ccc3cccnc3c12. The summed E-state index contributed by atoms with van der Waals surface area (Å²) >= 11 is 0. The molecule has 1 N–H and O–H groups in total. The van der Waals surface area contributed by atoms with Crippen molar-refractivity contribution in [1.82, 2.24) is 4.98 Å². The van der Waals surface area contributed by atoms with E-state index in [1.807, 2.05) is 24.4 Å². The van der Waals surface area contributed by atoms with Crippen LogP contribution < -0.4 is 0 Å². The van der Waals surface area contributed by atoms with Gasteiger partial charge in [-0.1, -0.05) is 30.3 Å². The molecular formula is C20H13AgFNO2. The Morgan fingerprint density at radius 1 is 0.960 bits per heavy atom. The number of benzene rings is 3. The first kappa shape index (κ1) is 18.8. The minimum Gasteiger partial charge on any atom is -0.478 e. The Balaban J connectivity index is 0.000000184. The van der Waals surface area contributed by atoms with Gasteiger partial charge in [-0.25, -0.2) is 9.18 Å². The van der Waals surface area contributed by atoms with Gasteiger partial charge in [-0.2, -0.15) is 0 Å². The Morgan fingerprint density at radius 3 is 2.40 bits per heavy atom. The number of aromatic nitrogens is 1. The molecule has 0 aliphatic carbocycles. The molecule has 3 aromatic carbocycles. The second-order valence-electron chi connectivity index (χ2n) is 5.06. The number of hydrogen-bond acceptors (Lipinski definition) is 2. The summed E-state index contributed by atoms with van der Waals surface area (Å²) in [6, 6.07) is 22.7. The molecule has 128 valence electrons. The Labute approximate surface area is 159 Å². The smallest absolute Gasteiger partial charge is 0.478 e. The Kier molecular flexibility index (Phi) is 6.42. The van der Waals surface area contributed by atoms with Crippen molar-refractivity contribution in [3.8, 4) is 0 Å². The maximum absolute atomic E-state index is 12.5.